The maximum atomic E-state index is 12.6. The summed E-state index contributed by atoms with van der Waals surface area (Å²) in [6, 6.07) is 18.6. The van der Waals surface area contributed by atoms with Crippen LogP contribution in [0.25, 0.3) is 22.3 Å². The topological polar surface area (TPSA) is 184 Å². The van der Waals surface area contributed by atoms with Crippen LogP contribution in [0.15, 0.2) is 72.8 Å². The first-order valence-electron chi connectivity index (χ1n) is 14.4. The third kappa shape index (κ3) is 10.3. The Morgan fingerprint density at radius 3 is 1.70 bits per heavy atom. The predicted octanol–water partition coefficient (Wildman–Crippen LogP) is 4.35. The molecular weight excluding hydrogens is 717 g/mol. The number of hydrogen-bond acceptors (Lipinski definition) is 14. The number of rotatable bonds is 15. The normalized spacial score (nSPS) is 11.7. The Hall–Kier alpha value is -5.00. The van der Waals surface area contributed by atoms with Crippen LogP contribution in [-0.4, -0.2) is 71.3 Å². The highest BCUT2D eigenvalue weighted by molar-refractivity contribution is 7.86. The zero-order valence-electron chi connectivity index (χ0n) is 27.8. The standard InChI is InChI=1S/C33H34O14S3/c1-41-29-19-26(23-11-14-25(15-12-23)45-48(4,35)36)32(43-3)33(47-50(6,39)40)31(29)24-13-16-27(28(18-24)46-49(5,37)38)44-20-22-9-7-21(8-10-22)17-30(34)42-2/h7-16,18-19H,17,20H2,1-6H3. The molecule has 0 unspecified atom stereocenters. The van der Waals surface area contributed by atoms with E-state index < -0.39 is 30.4 Å². The molecule has 0 N–H and O–H groups in total. The van der Waals surface area contributed by atoms with E-state index >= 15 is 0 Å². The van der Waals surface area contributed by atoms with Crippen LogP contribution in [0.1, 0.15) is 11.1 Å². The fourth-order valence-electron chi connectivity index (χ4n) is 4.73. The van der Waals surface area contributed by atoms with E-state index in [2.05, 4.69) is 4.74 Å². The molecule has 0 heterocycles. The quantitative estimate of drug-likeness (QED) is 0.123. The minimum atomic E-state index is -4.19. The number of benzene rings is 4. The molecule has 0 spiro atoms. The molecule has 0 aromatic heterocycles. The molecule has 4 aromatic carbocycles. The minimum absolute atomic E-state index is 0.000267. The van der Waals surface area contributed by atoms with E-state index in [1.54, 1.807) is 30.3 Å². The Morgan fingerprint density at radius 1 is 0.580 bits per heavy atom. The summed E-state index contributed by atoms with van der Waals surface area (Å²) in [5.41, 5.74) is 2.47. The summed E-state index contributed by atoms with van der Waals surface area (Å²) in [5.74, 6) is -0.742. The highest BCUT2D eigenvalue weighted by Crippen LogP contribution is 2.52. The van der Waals surface area contributed by atoms with E-state index in [4.69, 9.17) is 26.8 Å². The van der Waals surface area contributed by atoms with Crippen molar-refractivity contribution in [2.24, 2.45) is 0 Å². The maximum Gasteiger partial charge on any atom is 0.309 e. The van der Waals surface area contributed by atoms with Gasteiger partial charge in [-0.15, -0.1) is 0 Å². The molecule has 0 saturated carbocycles. The summed E-state index contributed by atoms with van der Waals surface area (Å²) in [4.78, 5) is 11.6. The van der Waals surface area contributed by atoms with Crippen LogP contribution in [0.2, 0.25) is 0 Å². The van der Waals surface area contributed by atoms with E-state index in [-0.39, 0.29) is 64.6 Å². The molecule has 4 rings (SSSR count). The molecule has 0 amide bonds. The van der Waals surface area contributed by atoms with Gasteiger partial charge in [0.05, 0.1) is 52.1 Å². The second-order valence-electron chi connectivity index (χ2n) is 10.8. The van der Waals surface area contributed by atoms with Crippen LogP contribution in [0, 0.1) is 0 Å². The Bertz CT molecular complexity index is 2200. The Morgan fingerprint density at radius 2 is 1.16 bits per heavy atom. The smallest absolute Gasteiger partial charge is 0.309 e. The molecule has 4 aromatic rings. The summed E-state index contributed by atoms with van der Waals surface area (Å²) in [6.45, 7) is 0.000267. The average molecular weight is 751 g/mol. The Labute approximate surface area is 290 Å². The van der Waals surface area contributed by atoms with Crippen molar-refractivity contribution in [2.45, 2.75) is 13.0 Å². The summed E-state index contributed by atoms with van der Waals surface area (Å²) in [7, 11) is -8.12. The monoisotopic (exact) mass is 750 g/mol. The molecule has 0 aliphatic rings. The fraction of sp³-hybridized carbons (Fsp3) is 0.242. The molecule has 268 valence electrons. The van der Waals surface area contributed by atoms with Gasteiger partial charge in [-0.1, -0.05) is 42.5 Å². The van der Waals surface area contributed by atoms with Crippen molar-refractivity contribution >= 4 is 36.3 Å². The zero-order chi connectivity index (χ0) is 36.9. The fourth-order valence-corrected chi connectivity index (χ4v) is 6.11. The van der Waals surface area contributed by atoms with Crippen molar-refractivity contribution in [3.05, 3.63) is 83.9 Å². The van der Waals surface area contributed by atoms with E-state index in [1.165, 1.54) is 63.8 Å². The SMILES string of the molecule is COC(=O)Cc1ccc(COc2ccc(-c3c(OC)cc(-c4ccc(OS(C)(=O)=O)cc4)c(OC)c3OS(C)(=O)=O)cc2OS(C)(=O)=O)cc1. The molecule has 50 heavy (non-hydrogen) atoms. The summed E-state index contributed by atoms with van der Waals surface area (Å²) >= 11 is 0. The van der Waals surface area contributed by atoms with E-state index in [0.29, 0.717) is 16.7 Å². The molecule has 14 nitrogen and oxygen atoms in total. The van der Waals surface area contributed by atoms with Gasteiger partial charge in [-0.2, -0.15) is 25.3 Å². The first-order chi connectivity index (χ1) is 23.4. The first kappa shape index (κ1) is 37.8. The van der Waals surface area contributed by atoms with E-state index in [9.17, 15) is 30.0 Å². The van der Waals surface area contributed by atoms with Gasteiger partial charge in [-0.25, -0.2) is 0 Å². The third-order valence-corrected chi connectivity index (χ3v) is 8.19. The van der Waals surface area contributed by atoms with Gasteiger partial charge in [0.25, 0.3) is 0 Å². The van der Waals surface area contributed by atoms with Crippen molar-refractivity contribution in [1.29, 1.82) is 0 Å². The van der Waals surface area contributed by atoms with Crippen molar-refractivity contribution in [2.75, 3.05) is 40.1 Å². The molecule has 0 aliphatic carbocycles. The Kier molecular flexibility index (Phi) is 11.5. The Balaban J connectivity index is 1.82. The molecular formula is C33H34O14S3. The lowest BCUT2D eigenvalue weighted by atomic mass is 9.96. The van der Waals surface area contributed by atoms with Gasteiger partial charge in [-0.3, -0.25) is 4.79 Å². The van der Waals surface area contributed by atoms with Crippen molar-refractivity contribution < 1.29 is 61.5 Å². The van der Waals surface area contributed by atoms with Gasteiger partial charge in [0.1, 0.15) is 18.1 Å². The average Bonchev–Trinajstić information content (AvgIpc) is 3.02. The van der Waals surface area contributed by atoms with Crippen LogP contribution in [0.4, 0.5) is 0 Å². The van der Waals surface area contributed by atoms with Crippen LogP contribution in [0.3, 0.4) is 0 Å². The van der Waals surface area contributed by atoms with E-state index in [1.807, 2.05) is 0 Å². The van der Waals surface area contributed by atoms with Gasteiger partial charge in [0.2, 0.25) is 0 Å². The van der Waals surface area contributed by atoms with Gasteiger partial charge in [0, 0.05) is 5.56 Å². The molecule has 0 fully saturated rings. The van der Waals surface area contributed by atoms with Crippen molar-refractivity contribution in [3.63, 3.8) is 0 Å². The highest BCUT2D eigenvalue weighted by atomic mass is 32.2. The lowest BCUT2D eigenvalue weighted by Gasteiger charge is -2.21. The predicted molar refractivity (Wildman–Crippen MR) is 183 cm³/mol. The first-order valence-corrected chi connectivity index (χ1v) is 19.8. The number of methoxy groups -OCH3 is 3. The van der Waals surface area contributed by atoms with Crippen LogP contribution in [0.5, 0.6) is 34.5 Å². The molecule has 17 heteroatoms. The van der Waals surface area contributed by atoms with E-state index in [0.717, 1.165) is 24.3 Å². The lowest BCUT2D eigenvalue weighted by Crippen LogP contribution is -2.10. The van der Waals surface area contributed by atoms with Crippen molar-refractivity contribution in [3.8, 4) is 56.8 Å². The number of esters is 1. The summed E-state index contributed by atoms with van der Waals surface area (Å²) in [5, 5.41) is 0. The lowest BCUT2D eigenvalue weighted by molar-refractivity contribution is -0.139. The maximum absolute atomic E-state index is 12.6. The largest absolute Gasteiger partial charge is 0.496 e. The highest BCUT2D eigenvalue weighted by Gasteiger charge is 2.27. The number of ether oxygens (including phenoxy) is 4. The second-order valence-corrected chi connectivity index (χ2v) is 15.5. The van der Waals surface area contributed by atoms with Gasteiger partial charge >= 0.3 is 36.3 Å². The molecule has 0 atom stereocenters. The minimum Gasteiger partial charge on any atom is -0.496 e. The van der Waals surface area contributed by atoms with Gasteiger partial charge in [0.15, 0.2) is 23.0 Å². The molecule has 0 bridgehead atoms. The summed E-state index contributed by atoms with van der Waals surface area (Å²) < 4.78 is 110. The second kappa shape index (κ2) is 15.3. The zero-order valence-corrected chi connectivity index (χ0v) is 30.2. The molecule has 0 radical (unpaired) electrons. The molecule has 0 saturated heterocycles. The van der Waals surface area contributed by atoms with Crippen LogP contribution >= 0.6 is 0 Å². The number of carbonyl (C=O) groups is 1. The van der Waals surface area contributed by atoms with Crippen molar-refractivity contribution in [1.82, 2.24) is 0 Å². The van der Waals surface area contributed by atoms with Crippen LogP contribution in [-0.2, 0) is 52.9 Å². The van der Waals surface area contributed by atoms with Crippen LogP contribution < -0.4 is 26.8 Å². The van der Waals surface area contributed by atoms with Gasteiger partial charge in [-0.05, 0) is 52.6 Å². The molecule has 0 aliphatic heterocycles. The van der Waals surface area contributed by atoms with Gasteiger partial charge < -0.3 is 31.5 Å². The third-order valence-electron chi connectivity index (χ3n) is 6.74. The summed E-state index contributed by atoms with van der Waals surface area (Å²) in [6.07, 6.45) is 2.69. The number of hydrogen-bond donors (Lipinski definition) is 0. The number of carbonyl (C=O) groups excluding carboxylic acids is 1.